The van der Waals surface area contributed by atoms with Gasteiger partial charge >= 0.3 is 201 Å². The van der Waals surface area contributed by atoms with E-state index in [-0.39, 0.29) is 24.8 Å². The number of hydrogen-bond donors (Lipinski definition) is 0. The fourth-order valence-corrected chi connectivity index (χ4v) is 23.3. The van der Waals surface area contributed by atoms with Gasteiger partial charge in [-0.2, -0.15) is 0 Å². The van der Waals surface area contributed by atoms with Crippen molar-refractivity contribution >= 4 is 12.2 Å². The van der Waals surface area contributed by atoms with Crippen LogP contribution in [0.1, 0.15) is 98.7 Å². The molecule has 2 aliphatic carbocycles. The number of hydrogen-bond acceptors (Lipinski definition) is 0. The summed E-state index contributed by atoms with van der Waals surface area (Å²) in [6, 6.07) is 9.79. The minimum atomic E-state index is -2.67. The van der Waals surface area contributed by atoms with Crippen LogP contribution in [0.3, 0.4) is 0 Å². The van der Waals surface area contributed by atoms with E-state index in [0.717, 1.165) is 20.1 Å². The second kappa shape index (κ2) is 11.6. The van der Waals surface area contributed by atoms with Crippen LogP contribution in [0.5, 0.6) is 0 Å². The largest absolute Gasteiger partial charge is 1.00 e. The molecule has 0 aromatic heterocycles. The van der Waals surface area contributed by atoms with Gasteiger partial charge in [-0.05, 0) is 0 Å². The molecule has 0 saturated carbocycles. The van der Waals surface area contributed by atoms with Gasteiger partial charge in [0.2, 0.25) is 0 Å². The summed E-state index contributed by atoms with van der Waals surface area (Å²) in [5.41, 5.74) is 13.2. The van der Waals surface area contributed by atoms with E-state index in [1.807, 2.05) is 0 Å². The molecule has 34 heavy (non-hydrogen) atoms. The quantitative estimate of drug-likeness (QED) is 0.498. The molecule has 1 heterocycles. The van der Waals surface area contributed by atoms with Gasteiger partial charge in [-0.25, -0.2) is 0 Å². The van der Waals surface area contributed by atoms with Gasteiger partial charge in [-0.3, -0.25) is 0 Å². The van der Waals surface area contributed by atoms with Gasteiger partial charge in [-0.1, -0.05) is 0 Å². The number of aryl methyl sites for hydroxylation is 4. The third kappa shape index (κ3) is 4.37. The van der Waals surface area contributed by atoms with Crippen molar-refractivity contribution in [3.63, 3.8) is 0 Å². The summed E-state index contributed by atoms with van der Waals surface area (Å²) >= 11 is -2.67. The van der Waals surface area contributed by atoms with E-state index in [9.17, 15) is 0 Å². The number of fused-ring (bicyclic) bond motifs is 2. The number of halogens is 2. The van der Waals surface area contributed by atoms with Crippen molar-refractivity contribution in [2.24, 2.45) is 0 Å². The van der Waals surface area contributed by atoms with Crippen LogP contribution in [0.2, 0.25) is 8.26 Å². The summed E-state index contributed by atoms with van der Waals surface area (Å²) in [6.45, 7) is 9.40. The predicted molar refractivity (Wildman–Crippen MR) is 137 cm³/mol. The molecule has 2 aromatic rings. The van der Waals surface area contributed by atoms with E-state index < -0.39 is 20.3 Å². The van der Waals surface area contributed by atoms with Crippen molar-refractivity contribution in [3.05, 3.63) is 80.9 Å². The molecule has 0 nitrogen and oxygen atoms in total. The van der Waals surface area contributed by atoms with Crippen LogP contribution >= 0.6 is 0 Å². The fraction of sp³-hybridized carbons (Fsp3) is 0.484. The molecule has 0 N–H and O–H groups in total. The Labute approximate surface area is 224 Å². The van der Waals surface area contributed by atoms with Crippen molar-refractivity contribution in [3.8, 4) is 0 Å². The minimum absolute atomic E-state index is 0. The maximum Gasteiger partial charge on any atom is -1.00 e. The van der Waals surface area contributed by atoms with Crippen molar-refractivity contribution in [1.82, 2.24) is 0 Å². The summed E-state index contributed by atoms with van der Waals surface area (Å²) in [5, 5.41) is 0. The minimum Gasteiger partial charge on any atom is -1.00 e. The summed E-state index contributed by atoms with van der Waals surface area (Å²) in [5.74, 6) is 0. The van der Waals surface area contributed by atoms with Crippen LogP contribution in [-0.2, 0) is 45.9 Å². The molecule has 0 radical (unpaired) electrons. The molecule has 0 amide bonds. The van der Waals surface area contributed by atoms with Crippen LogP contribution in [0.15, 0.2) is 36.4 Å². The standard InChI is InChI=1S/2C13H15.C5H10.2ClH.Zr/c2*1-3-10-8-9-11(4-2)13-7-5-6-12(10)13;1-3-5-4-2;;;/h2*5-9H,3-4H2,1-2H3;1-5H2;2*1H;/q;;;;;+2/p-2. The van der Waals surface area contributed by atoms with E-state index >= 15 is 0 Å². The van der Waals surface area contributed by atoms with Crippen LogP contribution in [0, 0.1) is 0 Å². The molecule has 182 valence electrons. The van der Waals surface area contributed by atoms with E-state index in [1.165, 1.54) is 32.1 Å². The zero-order valence-corrected chi connectivity index (χ0v) is 25.4. The fourth-order valence-electron chi connectivity index (χ4n) is 7.38. The molecular formula is C31H40Cl2Zr. The first-order valence-corrected chi connectivity index (χ1v) is 19.7. The van der Waals surface area contributed by atoms with Crippen molar-refractivity contribution < 1.29 is 45.1 Å². The molecule has 3 aliphatic rings. The van der Waals surface area contributed by atoms with Crippen molar-refractivity contribution in [1.29, 1.82) is 0 Å². The number of benzene rings is 2. The third-order valence-electron chi connectivity index (χ3n) is 9.02. The zero-order valence-electron chi connectivity index (χ0n) is 21.4. The zero-order chi connectivity index (χ0) is 22.3. The van der Waals surface area contributed by atoms with Crippen molar-refractivity contribution in [2.45, 2.75) is 88.1 Å². The van der Waals surface area contributed by atoms with Crippen LogP contribution in [0.4, 0.5) is 0 Å². The summed E-state index contributed by atoms with van der Waals surface area (Å²) in [6.07, 6.45) is 19.6. The first-order valence-electron chi connectivity index (χ1n) is 13.3. The Balaban J connectivity index is 0.00000162. The predicted octanol–water partition coefficient (Wildman–Crippen LogP) is 2.95. The Morgan fingerprint density at radius 2 is 0.971 bits per heavy atom. The maximum atomic E-state index is 2.71. The monoisotopic (exact) mass is 572 g/mol. The Morgan fingerprint density at radius 1 is 0.588 bits per heavy atom. The summed E-state index contributed by atoms with van der Waals surface area (Å²) in [7, 11) is 0. The Hall–Kier alpha value is -0.617. The SMILES string of the molecule is CCc1ccc(CC)c2c1C=C[CH]2[Zr+2]1([CH]2C=Cc3c(CC)ccc(CC)c32)[CH2]CCC[CH2]1.[Cl-].[Cl-]. The molecule has 0 bridgehead atoms. The first-order chi connectivity index (χ1) is 15.7. The van der Waals surface area contributed by atoms with Crippen molar-refractivity contribution in [2.75, 3.05) is 0 Å². The van der Waals surface area contributed by atoms with Crippen LogP contribution < -0.4 is 24.8 Å². The van der Waals surface area contributed by atoms with E-state index in [0.29, 0.717) is 0 Å². The molecule has 3 heteroatoms. The molecule has 1 saturated heterocycles. The van der Waals surface area contributed by atoms with Gasteiger partial charge in [-0.15, -0.1) is 0 Å². The average Bonchev–Trinajstić information content (AvgIpc) is 3.49. The van der Waals surface area contributed by atoms with Gasteiger partial charge < -0.3 is 24.8 Å². The Bertz CT molecular complexity index is 996. The van der Waals surface area contributed by atoms with E-state index in [2.05, 4.69) is 76.3 Å². The molecule has 2 aromatic carbocycles. The van der Waals surface area contributed by atoms with Gasteiger partial charge in [0.1, 0.15) is 0 Å². The molecular weight excluding hydrogens is 534 g/mol. The van der Waals surface area contributed by atoms with Gasteiger partial charge in [0, 0.05) is 0 Å². The second-order valence-corrected chi connectivity index (χ2v) is 21.9. The maximum absolute atomic E-state index is 2.71. The third-order valence-corrected chi connectivity index (χ3v) is 23.8. The molecule has 1 aliphatic heterocycles. The van der Waals surface area contributed by atoms with E-state index in [4.69, 9.17) is 0 Å². The molecule has 5 rings (SSSR count). The van der Waals surface area contributed by atoms with Crippen LogP contribution in [0.25, 0.3) is 12.2 Å². The second-order valence-electron chi connectivity index (χ2n) is 10.3. The van der Waals surface area contributed by atoms with Gasteiger partial charge in [0.15, 0.2) is 0 Å². The number of allylic oxidation sites excluding steroid dienone is 2. The average molecular weight is 575 g/mol. The number of rotatable bonds is 6. The first kappa shape index (κ1) is 28.0. The van der Waals surface area contributed by atoms with Gasteiger partial charge in [0.05, 0.1) is 0 Å². The normalized spacial score (nSPS) is 20.6. The molecule has 1 fully saturated rings. The molecule has 2 atom stereocenters. The Morgan fingerprint density at radius 3 is 1.35 bits per heavy atom. The van der Waals surface area contributed by atoms with E-state index in [1.54, 1.807) is 52.8 Å². The Kier molecular flexibility index (Phi) is 9.56. The van der Waals surface area contributed by atoms with Crippen LogP contribution in [-0.4, -0.2) is 0 Å². The molecule has 2 unspecified atom stereocenters. The summed E-state index contributed by atoms with van der Waals surface area (Å²) in [4.78, 5) is 0. The molecule has 0 spiro atoms. The topological polar surface area (TPSA) is 0 Å². The van der Waals surface area contributed by atoms with Gasteiger partial charge in [0.25, 0.3) is 0 Å². The summed E-state index contributed by atoms with van der Waals surface area (Å²) < 4.78 is 4.65. The smallest absolute Gasteiger partial charge is 1.00 e.